The number of rotatable bonds is 8. The summed E-state index contributed by atoms with van der Waals surface area (Å²) in [5, 5.41) is 3.04. The molecule has 1 saturated heterocycles. The molecule has 1 N–H and O–H groups in total. The molecule has 2 amide bonds. The van der Waals surface area contributed by atoms with Crippen LogP contribution in [-0.4, -0.2) is 67.9 Å². The van der Waals surface area contributed by atoms with E-state index in [1.54, 1.807) is 20.8 Å². The van der Waals surface area contributed by atoms with Gasteiger partial charge in [-0.15, -0.1) is 0 Å². The number of methoxy groups -OCH3 is 1. The van der Waals surface area contributed by atoms with Crippen LogP contribution in [0.1, 0.15) is 54.4 Å². The average Bonchev–Trinajstić information content (AvgIpc) is 2.63. The van der Waals surface area contributed by atoms with Crippen molar-refractivity contribution in [2.45, 2.75) is 66.0 Å². The molecule has 0 aliphatic carbocycles. The summed E-state index contributed by atoms with van der Waals surface area (Å²) in [5.41, 5.74) is -0.660. The lowest BCUT2D eigenvalue weighted by Gasteiger charge is -2.37. The van der Waals surface area contributed by atoms with Crippen molar-refractivity contribution in [3.05, 3.63) is 0 Å². The molecule has 0 aromatic rings. The Morgan fingerprint density at radius 3 is 2.28 bits per heavy atom. The Labute approximate surface area is 174 Å². The van der Waals surface area contributed by atoms with Crippen molar-refractivity contribution in [1.82, 2.24) is 10.2 Å². The van der Waals surface area contributed by atoms with Gasteiger partial charge in [-0.1, -0.05) is 13.8 Å². The highest BCUT2D eigenvalue weighted by Crippen LogP contribution is 2.25. The monoisotopic (exact) mass is 414 g/mol. The lowest BCUT2D eigenvalue weighted by Crippen LogP contribution is -2.53. The first kappa shape index (κ1) is 25.2. The molecule has 3 atom stereocenters. The number of hydrogen-bond donors (Lipinski definition) is 1. The van der Waals surface area contributed by atoms with Crippen LogP contribution in [0.25, 0.3) is 0 Å². The minimum atomic E-state index is -0.660. The first-order valence-electron chi connectivity index (χ1n) is 10.4. The Bertz CT molecular complexity index is 558. The molecular formula is C21H38N2O6. The maximum Gasteiger partial charge on any atom is 0.410 e. The van der Waals surface area contributed by atoms with E-state index in [0.29, 0.717) is 25.6 Å². The summed E-state index contributed by atoms with van der Waals surface area (Å²) >= 11 is 0. The summed E-state index contributed by atoms with van der Waals surface area (Å²) in [5.74, 6) is -1.29. The van der Waals surface area contributed by atoms with Crippen LogP contribution >= 0.6 is 0 Å². The smallest absolute Gasteiger partial charge is 0.410 e. The summed E-state index contributed by atoms with van der Waals surface area (Å²) in [7, 11) is 1.31. The molecule has 0 saturated carbocycles. The van der Waals surface area contributed by atoms with Crippen molar-refractivity contribution >= 4 is 18.0 Å². The van der Waals surface area contributed by atoms with Gasteiger partial charge < -0.3 is 24.4 Å². The molecule has 168 valence electrons. The average molecular weight is 415 g/mol. The number of esters is 1. The zero-order valence-corrected chi connectivity index (χ0v) is 18.9. The van der Waals surface area contributed by atoms with Crippen LogP contribution in [0.4, 0.5) is 4.79 Å². The molecule has 1 heterocycles. The topological polar surface area (TPSA) is 94.2 Å². The molecule has 1 aliphatic rings. The van der Waals surface area contributed by atoms with Crippen LogP contribution in [0, 0.1) is 17.8 Å². The fourth-order valence-electron chi connectivity index (χ4n) is 3.42. The highest BCUT2D eigenvalue weighted by atomic mass is 16.6. The Balaban J connectivity index is 2.90. The molecule has 1 fully saturated rings. The number of piperidine rings is 1. The Morgan fingerprint density at radius 1 is 1.14 bits per heavy atom. The summed E-state index contributed by atoms with van der Waals surface area (Å²) < 4.78 is 15.8. The first-order valence-corrected chi connectivity index (χ1v) is 10.4. The van der Waals surface area contributed by atoms with Crippen LogP contribution in [0.5, 0.6) is 0 Å². The van der Waals surface area contributed by atoms with Crippen molar-refractivity contribution in [3.63, 3.8) is 0 Å². The maximum absolute atomic E-state index is 13.0. The van der Waals surface area contributed by atoms with E-state index in [4.69, 9.17) is 14.2 Å². The number of ether oxygens (including phenoxy) is 3. The number of hydrogen-bond acceptors (Lipinski definition) is 6. The van der Waals surface area contributed by atoms with Crippen molar-refractivity contribution in [1.29, 1.82) is 0 Å². The minimum Gasteiger partial charge on any atom is -0.469 e. The zero-order valence-electron chi connectivity index (χ0n) is 18.9. The number of carbonyl (C=O) groups excluding carboxylic acids is 3. The van der Waals surface area contributed by atoms with Gasteiger partial charge in [0, 0.05) is 19.7 Å². The van der Waals surface area contributed by atoms with Crippen LogP contribution in [0.3, 0.4) is 0 Å². The van der Waals surface area contributed by atoms with Crippen molar-refractivity contribution in [3.8, 4) is 0 Å². The fraction of sp³-hybridized carbons (Fsp3) is 0.857. The number of likely N-dealkylation sites (tertiary alicyclic amines) is 1. The molecule has 1 rings (SSSR count). The first-order chi connectivity index (χ1) is 13.5. The van der Waals surface area contributed by atoms with Gasteiger partial charge in [-0.2, -0.15) is 0 Å². The summed E-state index contributed by atoms with van der Waals surface area (Å²) in [4.78, 5) is 39.1. The second kappa shape index (κ2) is 11.4. The van der Waals surface area contributed by atoms with Crippen molar-refractivity contribution in [2.24, 2.45) is 17.8 Å². The van der Waals surface area contributed by atoms with Gasteiger partial charge in [0.2, 0.25) is 5.91 Å². The maximum atomic E-state index is 13.0. The number of nitrogens with one attached hydrogen (secondary N) is 1. The largest absolute Gasteiger partial charge is 0.469 e. The van der Waals surface area contributed by atoms with E-state index in [0.717, 1.165) is 6.42 Å². The predicted octanol–water partition coefficient (Wildman–Crippen LogP) is 2.60. The summed E-state index contributed by atoms with van der Waals surface area (Å²) in [6.07, 6.45) is 0.590. The molecule has 8 nitrogen and oxygen atoms in total. The van der Waals surface area contributed by atoms with Crippen LogP contribution in [-0.2, 0) is 23.8 Å². The van der Waals surface area contributed by atoms with Gasteiger partial charge in [-0.3, -0.25) is 9.59 Å². The van der Waals surface area contributed by atoms with Gasteiger partial charge in [0.1, 0.15) is 5.60 Å². The number of carbonyl (C=O) groups is 3. The van der Waals surface area contributed by atoms with Crippen LogP contribution in [0.15, 0.2) is 0 Å². The third-order valence-corrected chi connectivity index (χ3v) is 4.63. The second-order valence-electron chi connectivity index (χ2n) is 9.03. The third-order valence-electron chi connectivity index (χ3n) is 4.63. The van der Waals surface area contributed by atoms with Gasteiger partial charge in [-0.05, 0) is 46.5 Å². The molecule has 29 heavy (non-hydrogen) atoms. The normalized spacial score (nSPS) is 20.9. The van der Waals surface area contributed by atoms with E-state index in [2.05, 4.69) is 19.2 Å². The highest BCUT2D eigenvalue weighted by molar-refractivity contribution is 5.82. The van der Waals surface area contributed by atoms with Gasteiger partial charge >= 0.3 is 12.1 Å². The quantitative estimate of drug-likeness (QED) is 0.614. The molecule has 0 spiro atoms. The molecule has 0 bridgehead atoms. The molecule has 8 heteroatoms. The van der Waals surface area contributed by atoms with Crippen LogP contribution in [0.2, 0.25) is 0 Å². The van der Waals surface area contributed by atoms with Gasteiger partial charge in [0.05, 0.1) is 31.6 Å². The lowest BCUT2D eigenvalue weighted by atomic mass is 9.88. The predicted molar refractivity (Wildman–Crippen MR) is 109 cm³/mol. The Morgan fingerprint density at radius 2 is 1.76 bits per heavy atom. The van der Waals surface area contributed by atoms with E-state index in [1.807, 2.05) is 6.92 Å². The van der Waals surface area contributed by atoms with Crippen molar-refractivity contribution < 1.29 is 28.6 Å². The Hall–Kier alpha value is -1.83. The molecule has 0 aromatic heterocycles. The highest BCUT2D eigenvalue weighted by Gasteiger charge is 2.39. The van der Waals surface area contributed by atoms with E-state index < -0.39 is 29.5 Å². The van der Waals surface area contributed by atoms with Gasteiger partial charge in [-0.25, -0.2) is 4.79 Å². The number of nitrogens with zero attached hydrogens (tertiary/aromatic N) is 1. The fourth-order valence-corrected chi connectivity index (χ4v) is 3.42. The van der Waals surface area contributed by atoms with Gasteiger partial charge in [0.15, 0.2) is 0 Å². The van der Waals surface area contributed by atoms with E-state index in [-0.39, 0.29) is 25.0 Å². The molecule has 0 radical (unpaired) electrons. The SMILES string of the molecule is CCOCC(CC(C)C)NC(=O)[C@H]1C[C@@H](C(=O)OC)CN(C(=O)OC(C)(C)C)C1. The molecule has 0 aromatic carbocycles. The van der Waals surface area contributed by atoms with Gasteiger partial charge in [0.25, 0.3) is 0 Å². The number of amides is 2. The van der Waals surface area contributed by atoms with E-state index in [1.165, 1.54) is 12.0 Å². The lowest BCUT2D eigenvalue weighted by molar-refractivity contribution is -0.148. The van der Waals surface area contributed by atoms with E-state index in [9.17, 15) is 14.4 Å². The van der Waals surface area contributed by atoms with E-state index >= 15 is 0 Å². The standard InChI is InChI=1S/C21H38N2O6/c1-8-28-13-17(9-14(2)3)22-18(24)15-10-16(19(25)27-7)12-23(11-15)20(26)29-21(4,5)6/h14-17H,8-13H2,1-7H3,(H,22,24)/t15-,16+,17?/m0/s1. The van der Waals surface area contributed by atoms with Crippen molar-refractivity contribution in [2.75, 3.05) is 33.4 Å². The third kappa shape index (κ3) is 9.02. The zero-order chi connectivity index (χ0) is 22.2. The molecule has 1 unspecified atom stereocenters. The minimum absolute atomic E-state index is 0.115. The van der Waals surface area contributed by atoms with Crippen LogP contribution < -0.4 is 5.32 Å². The summed E-state index contributed by atoms with van der Waals surface area (Å²) in [6.45, 7) is 12.8. The Kier molecular flexibility index (Phi) is 9.89. The molecular weight excluding hydrogens is 376 g/mol. The second-order valence-corrected chi connectivity index (χ2v) is 9.03. The molecule has 1 aliphatic heterocycles. The summed E-state index contributed by atoms with van der Waals surface area (Å²) in [6, 6.07) is -0.115.